The molecule has 1 amide bonds. The molecule has 1 unspecified atom stereocenters. The number of primary amides is 1. The van der Waals surface area contributed by atoms with Crippen molar-refractivity contribution in [2.75, 3.05) is 7.11 Å². The quantitative estimate of drug-likeness (QED) is 0.770. The molecule has 94 valence electrons. The minimum atomic E-state index is -0.701. The molecule has 1 aromatic rings. The van der Waals surface area contributed by atoms with Crippen LogP contribution < -0.4 is 15.2 Å². The van der Waals surface area contributed by atoms with E-state index in [1.54, 1.807) is 25.1 Å². The summed E-state index contributed by atoms with van der Waals surface area (Å²) in [7, 11) is 1.53. The Morgan fingerprint density at radius 2 is 2.24 bits per heavy atom. The van der Waals surface area contributed by atoms with Crippen LogP contribution in [-0.2, 0) is 11.4 Å². The summed E-state index contributed by atoms with van der Waals surface area (Å²) in [5, 5.41) is 9.17. The molecule has 1 aromatic carbocycles. The average molecular weight is 239 g/mol. The smallest absolute Gasteiger partial charge is 0.258 e. The van der Waals surface area contributed by atoms with Crippen molar-refractivity contribution in [2.45, 2.75) is 26.1 Å². The lowest BCUT2D eigenvalue weighted by Crippen LogP contribution is -2.33. The maximum Gasteiger partial charge on any atom is 0.258 e. The fourth-order valence-corrected chi connectivity index (χ4v) is 1.40. The van der Waals surface area contributed by atoms with Gasteiger partial charge in [0.15, 0.2) is 6.10 Å². The lowest BCUT2D eigenvalue weighted by atomic mass is 10.2. The minimum absolute atomic E-state index is 0.172. The molecule has 0 saturated heterocycles. The molecule has 0 radical (unpaired) electrons. The van der Waals surface area contributed by atoms with Gasteiger partial charge in [-0.3, -0.25) is 4.79 Å². The van der Waals surface area contributed by atoms with E-state index >= 15 is 0 Å². The van der Waals surface area contributed by atoms with Crippen molar-refractivity contribution < 1.29 is 19.4 Å². The van der Waals surface area contributed by atoms with Crippen LogP contribution in [0.5, 0.6) is 11.5 Å². The van der Waals surface area contributed by atoms with E-state index < -0.39 is 12.0 Å². The van der Waals surface area contributed by atoms with Crippen molar-refractivity contribution in [1.29, 1.82) is 0 Å². The highest BCUT2D eigenvalue weighted by Crippen LogP contribution is 2.26. The van der Waals surface area contributed by atoms with Gasteiger partial charge >= 0.3 is 0 Å². The second kappa shape index (κ2) is 6.10. The third-order valence-electron chi connectivity index (χ3n) is 2.40. The molecule has 0 aliphatic carbocycles. The topological polar surface area (TPSA) is 81.8 Å². The number of aliphatic hydroxyl groups excluding tert-OH is 1. The number of hydrogen-bond donors (Lipinski definition) is 2. The lowest BCUT2D eigenvalue weighted by molar-refractivity contribution is -0.124. The molecular formula is C12H17NO4. The first-order valence-electron chi connectivity index (χ1n) is 5.36. The van der Waals surface area contributed by atoms with Gasteiger partial charge < -0.3 is 20.3 Å². The van der Waals surface area contributed by atoms with Crippen LogP contribution in [0, 0.1) is 0 Å². The maximum absolute atomic E-state index is 11.1. The zero-order valence-electron chi connectivity index (χ0n) is 9.97. The van der Waals surface area contributed by atoms with E-state index in [0.717, 1.165) is 0 Å². The van der Waals surface area contributed by atoms with Crippen molar-refractivity contribution >= 4 is 5.91 Å². The third-order valence-corrected chi connectivity index (χ3v) is 2.40. The van der Waals surface area contributed by atoms with Crippen LogP contribution in [0.2, 0.25) is 0 Å². The van der Waals surface area contributed by atoms with E-state index in [4.69, 9.17) is 20.3 Å². The van der Waals surface area contributed by atoms with Gasteiger partial charge in [0, 0.05) is 11.6 Å². The van der Waals surface area contributed by atoms with Crippen LogP contribution in [0.15, 0.2) is 18.2 Å². The number of hydrogen-bond acceptors (Lipinski definition) is 4. The fraction of sp³-hybridized carbons (Fsp3) is 0.417. The van der Waals surface area contributed by atoms with Crippen molar-refractivity contribution in [3.05, 3.63) is 23.8 Å². The predicted octanol–water partition coefficient (Wildman–Crippen LogP) is 0.830. The Bertz CT molecular complexity index is 392. The summed E-state index contributed by atoms with van der Waals surface area (Å²) >= 11 is 0. The number of benzene rings is 1. The van der Waals surface area contributed by atoms with Gasteiger partial charge in [0.1, 0.15) is 11.5 Å². The van der Waals surface area contributed by atoms with Gasteiger partial charge in [-0.15, -0.1) is 0 Å². The normalized spacial score (nSPS) is 11.9. The minimum Gasteiger partial charge on any atom is -0.497 e. The van der Waals surface area contributed by atoms with Crippen molar-refractivity contribution in [1.82, 2.24) is 0 Å². The van der Waals surface area contributed by atoms with Crippen LogP contribution in [0.3, 0.4) is 0 Å². The summed E-state index contributed by atoms with van der Waals surface area (Å²) in [6.07, 6.45) is -0.232. The number of aliphatic hydroxyl groups is 1. The summed E-state index contributed by atoms with van der Waals surface area (Å²) in [6, 6.07) is 5.02. The standard InChI is InChI=1S/C12H17NO4/c1-3-10(12(13)15)17-11-6-9(16-2)5-4-8(11)7-14/h4-6,10,14H,3,7H2,1-2H3,(H2,13,15). The van der Waals surface area contributed by atoms with Crippen LogP contribution >= 0.6 is 0 Å². The highest BCUT2D eigenvalue weighted by molar-refractivity contribution is 5.79. The molecule has 0 aliphatic heterocycles. The number of methoxy groups -OCH3 is 1. The summed E-state index contributed by atoms with van der Waals surface area (Å²) in [5.74, 6) is 0.480. The molecule has 0 saturated carbocycles. The number of carbonyl (C=O) groups excluding carboxylic acids is 1. The Labute approximate surface area is 100 Å². The SMILES string of the molecule is CCC(Oc1cc(OC)ccc1CO)C(N)=O. The van der Waals surface area contributed by atoms with Crippen molar-refractivity contribution in [3.8, 4) is 11.5 Å². The first kappa shape index (κ1) is 13.3. The highest BCUT2D eigenvalue weighted by Gasteiger charge is 2.16. The molecule has 0 fully saturated rings. The first-order valence-corrected chi connectivity index (χ1v) is 5.36. The Hall–Kier alpha value is -1.75. The zero-order valence-corrected chi connectivity index (χ0v) is 9.97. The molecule has 5 nitrogen and oxygen atoms in total. The third kappa shape index (κ3) is 3.35. The first-order chi connectivity index (χ1) is 8.12. The van der Waals surface area contributed by atoms with Crippen LogP contribution in [0.1, 0.15) is 18.9 Å². The van der Waals surface area contributed by atoms with Crippen LogP contribution in [-0.4, -0.2) is 24.2 Å². The molecule has 3 N–H and O–H groups in total. The summed E-state index contributed by atoms with van der Waals surface area (Å²) in [6.45, 7) is 1.63. The van der Waals surface area contributed by atoms with Gasteiger partial charge in [-0.25, -0.2) is 0 Å². The van der Waals surface area contributed by atoms with E-state index in [1.165, 1.54) is 7.11 Å². The predicted molar refractivity (Wildman–Crippen MR) is 62.8 cm³/mol. The largest absolute Gasteiger partial charge is 0.497 e. The van der Waals surface area contributed by atoms with E-state index in [-0.39, 0.29) is 6.61 Å². The molecule has 0 bridgehead atoms. The van der Waals surface area contributed by atoms with Gasteiger partial charge in [-0.05, 0) is 18.6 Å². The van der Waals surface area contributed by atoms with Gasteiger partial charge in [0.05, 0.1) is 13.7 Å². The maximum atomic E-state index is 11.1. The number of nitrogens with two attached hydrogens (primary N) is 1. The molecule has 5 heteroatoms. The van der Waals surface area contributed by atoms with Crippen LogP contribution in [0.25, 0.3) is 0 Å². The zero-order chi connectivity index (χ0) is 12.8. The number of amides is 1. The van der Waals surface area contributed by atoms with E-state index in [0.29, 0.717) is 23.5 Å². The van der Waals surface area contributed by atoms with Crippen LogP contribution in [0.4, 0.5) is 0 Å². The molecule has 0 aliphatic rings. The van der Waals surface area contributed by atoms with Gasteiger partial charge in [0.2, 0.25) is 0 Å². The molecule has 0 heterocycles. The number of rotatable bonds is 6. The highest BCUT2D eigenvalue weighted by atomic mass is 16.5. The number of ether oxygens (including phenoxy) is 2. The molecule has 1 rings (SSSR count). The fourth-order valence-electron chi connectivity index (χ4n) is 1.40. The van der Waals surface area contributed by atoms with Gasteiger partial charge in [0.25, 0.3) is 5.91 Å². The molecule has 0 spiro atoms. The lowest BCUT2D eigenvalue weighted by Gasteiger charge is -2.17. The van der Waals surface area contributed by atoms with Crippen molar-refractivity contribution in [3.63, 3.8) is 0 Å². The summed E-state index contributed by atoms with van der Waals surface area (Å²) in [4.78, 5) is 11.1. The molecule has 1 atom stereocenters. The molecule has 0 aromatic heterocycles. The average Bonchev–Trinajstić information content (AvgIpc) is 2.35. The monoisotopic (exact) mass is 239 g/mol. The summed E-state index contributed by atoms with van der Waals surface area (Å²) < 4.78 is 10.5. The second-order valence-electron chi connectivity index (χ2n) is 3.55. The number of carbonyl (C=O) groups is 1. The molecule has 17 heavy (non-hydrogen) atoms. The second-order valence-corrected chi connectivity index (χ2v) is 3.55. The Morgan fingerprint density at radius 3 is 2.71 bits per heavy atom. The Kier molecular flexibility index (Phi) is 4.78. The van der Waals surface area contributed by atoms with Gasteiger partial charge in [-0.1, -0.05) is 6.92 Å². The van der Waals surface area contributed by atoms with Gasteiger partial charge in [-0.2, -0.15) is 0 Å². The summed E-state index contributed by atoms with van der Waals surface area (Å²) in [5.41, 5.74) is 5.79. The van der Waals surface area contributed by atoms with Crippen molar-refractivity contribution in [2.24, 2.45) is 5.73 Å². The Balaban J connectivity index is 2.97. The molecular weight excluding hydrogens is 222 g/mol. The van der Waals surface area contributed by atoms with E-state index in [2.05, 4.69) is 0 Å². The Morgan fingerprint density at radius 1 is 1.53 bits per heavy atom. The van der Waals surface area contributed by atoms with E-state index in [9.17, 15) is 4.79 Å². The van der Waals surface area contributed by atoms with E-state index in [1.807, 2.05) is 0 Å².